The Bertz CT molecular complexity index is 335. The molecule has 0 heterocycles. The first-order valence-electron chi connectivity index (χ1n) is 4.67. The maximum absolute atomic E-state index is 11.6. The van der Waals surface area contributed by atoms with Crippen molar-refractivity contribution in [1.29, 1.82) is 0 Å². The third kappa shape index (κ3) is 3.55. The molecule has 2 amide bonds. The first-order chi connectivity index (χ1) is 7.00. The molecule has 82 valence electrons. The van der Waals surface area contributed by atoms with Crippen LogP contribution in [0.5, 0.6) is 0 Å². The Morgan fingerprint density at radius 3 is 2.20 bits per heavy atom. The van der Waals surface area contributed by atoms with Crippen LogP contribution in [0.2, 0.25) is 0 Å². The fourth-order valence-electron chi connectivity index (χ4n) is 1.27. The number of urea groups is 1. The molecule has 0 N–H and O–H groups in total. The zero-order valence-electron chi connectivity index (χ0n) is 9.20. The van der Waals surface area contributed by atoms with Gasteiger partial charge in [-0.1, -0.05) is 28.1 Å². The third-order valence-electron chi connectivity index (χ3n) is 2.04. The smallest absolute Gasteiger partial charge is 0.319 e. The molecule has 0 aromatic heterocycles. The van der Waals surface area contributed by atoms with E-state index < -0.39 is 0 Å². The van der Waals surface area contributed by atoms with Gasteiger partial charge in [0.1, 0.15) is 0 Å². The second-order valence-corrected chi connectivity index (χ2v) is 4.58. The van der Waals surface area contributed by atoms with Crippen LogP contribution in [0, 0.1) is 0 Å². The largest absolute Gasteiger partial charge is 0.331 e. The Kier molecular flexibility index (Phi) is 4.15. The molecule has 0 fully saturated rings. The lowest BCUT2D eigenvalue weighted by Crippen LogP contribution is -2.35. The maximum atomic E-state index is 11.6. The summed E-state index contributed by atoms with van der Waals surface area (Å²) >= 11 is 3.38. The lowest BCUT2D eigenvalue weighted by Gasteiger charge is -2.21. The Morgan fingerprint density at radius 2 is 1.73 bits per heavy atom. The van der Waals surface area contributed by atoms with Crippen molar-refractivity contribution in [2.75, 3.05) is 21.1 Å². The zero-order valence-corrected chi connectivity index (χ0v) is 10.8. The number of hydrogen-bond acceptors (Lipinski definition) is 1. The van der Waals surface area contributed by atoms with E-state index in [4.69, 9.17) is 0 Å². The molecule has 3 nitrogen and oxygen atoms in total. The van der Waals surface area contributed by atoms with Crippen molar-refractivity contribution in [2.45, 2.75) is 6.54 Å². The minimum atomic E-state index is 0.0120. The molecule has 1 aromatic carbocycles. The van der Waals surface area contributed by atoms with Crippen LogP contribution in [0.1, 0.15) is 5.56 Å². The standard InChI is InChI=1S/C11H15BrN2O/c1-13(2)11(15)14(3)8-9-4-6-10(12)7-5-9/h4-7H,8H2,1-3H3. The molecule has 0 unspecified atom stereocenters. The summed E-state index contributed by atoms with van der Waals surface area (Å²) in [5, 5.41) is 0. The summed E-state index contributed by atoms with van der Waals surface area (Å²) in [6, 6.07) is 7.97. The van der Waals surface area contributed by atoms with Gasteiger partial charge in [0, 0.05) is 32.2 Å². The highest BCUT2D eigenvalue weighted by atomic mass is 79.9. The summed E-state index contributed by atoms with van der Waals surface area (Å²) in [6.45, 7) is 0.629. The van der Waals surface area contributed by atoms with Gasteiger partial charge in [-0.2, -0.15) is 0 Å². The molecule has 0 aliphatic carbocycles. The second kappa shape index (κ2) is 5.16. The Morgan fingerprint density at radius 1 is 1.20 bits per heavy atom. The van der Waals surface area contributed by atoms with Crippen LogP contribution in [0.15, 0.2) is 28.7 Å². The second-order valence-electron chi connectivity index (χ2n) is 3.66. The minimum absolute atomic E-state index is 0.0120. The topological polar surface area (TPSA) is 23.6 Å². The molecule has 0 bridgehead atoms. The quantitative estimate of drug-likeness (QED) is 0.811. The average molecular weight is 271 g/mol. The fourth-order valence-corrected chi connectivity index (χ4v) is 1.54. The fraction of sp³-hybridized carbons (Fsp3) is 0.364. The molecule has 1 aromatic rings. The molecular weight excluding hydrogens is 256 g/mol. The highest BCUT2D eigenvalue weighted by Gasteiger charge is 2.10. The first-order valence-corrected chi connectivity index (χ1v) is 5.47. The van der Waals surface area contributed by atoms with E-state index in [1.54, 1.807) is 30.9 Å². The van der Waals surface area contributed by atoms with Crippen LogP contribution in [-0.2, 0) is 6.54 Å². The maximum Gasteiger partial charge on any atom is 0.319 e. The molecule has 15 heavy (non-hydrogen) atoms. The van der Waals surface area contributed by atoms with Crippen molar-refractivity contribution in [3.63, 3.8) is 0 Å². The van der Waals surface area contributed by atoms with E-state index in [0.29, 0.717) is 6.54 Å². The van der Waals surface area contributed by atoms with Crippen molar-refractivity contribution in [3.8, 4) is 0 Å². The third-order valence-corrected chi connectivity index (χ3v) is 2.57. The van der Waals surface area contributed by atoms with Crippen LogP contribution >= 0.6 is 15.9 Å². The van der Waals surface area contributed by atoms with E-state index >= 15 is 0 Å². The summed E-state index contributed by atoms with van der Waals surface area (Å²) in [7, 11) is 5.30. The van der Waals surface area contributed by atoms with Gasteiger partial charge < -0.3 is 9.80 Å². The SMILES string of the molecule is CN(C)C(=O)N(C)Cc1ccc(Br)cc1. The van der Waals surface area contributed by atoms with E-state index in [-0.39, 0.29) is 6.03 Å². The van der Waals surface area contributed by atoms with Crippen LogP contribution < -0.4 is 0 Å². The molecule has 0 radical (unpaired) electrons. The molecule has 0 aliphatic heterocycles. The number of nitrogens with zero attached hydrogens (tertiary/aromatic N) is 2. The van der Waals surface area contributed by atoms with Gasteiger partial charge in [-0.25, -0.2) is 4.79 Å². The van der Waals surface area contributed by atoms with Crippen molar-refractivity contribution < 1.29 is 4.79 Å². The van der Waals surface area contributed by atoms with Crippen molar-refractivity contribution >= 4 is 22.0 Å². The molecule has 1 rings (SSSR count). The molecule has 0 aliphatic rings. The molecular formula is C11H15BrN2O. The lowest BCUT2D eigenvalue weighted by atomic mass is 10.2. The van der Waals surface area contributed by atoms with Crippen LogP contribution in [0.3, 0.4) is 0 Å². The van der Waals surface area contributed by atoms with Crippen molar-refractivity contribution in [2.24, 2.45) is 0 Å². The van der Waals surface area contributed by atoms with E-state index in [1.165, 1.54) is 0 Å². The summed E-state index contributed by atoms with van der Waals surface area (Å²) in [6.07, 6.45) is 0. The number of carbonyl (C=O) groups excluding carboxylic acids is 1. The zero-order chi connectivity index (χ0) is 11.4. The predicted molar refractivity (Wildman–Crippen MR) is 64.7 cm³/mol. The average Bonchev–Trinajstić information content (AvgIpc) is 2.20. The Balaban J connectivity index is 2.62. The number of amides is 2. The van der Waals surface area contributed by atoms with Gasteiger partial charge in [0.15, 0.2) is 0 Å². The van der Waals surface area contributed by atoms with Crippen molar-refractivity contribution in [1.82, 2.24) is 9.80 Å². The summed E-state index contributed by atoms with van der Waals surface area (Å²) < 4.78 is 1.05. The minimum Gasteiger partial charge on any atom is -0.331 e. The molecule has 0 atom stereocenters. The number of benzene rings is 1. The Labute approximate surface area is 98.8 Å². The lowest BCUT2D eigenvalue weighted by molar-refractivity contribution is 0.180. The van der Waals surface area contributed by atoms with Gasteiger partial charge in [0.25, 0.3) is 0 Å². The normalized spacial score (nSPS) is 9.87. The van der Waals surface area contributed by atoms with Gasteiger partial charge in [-0.3, -0.25) is 0 Å². The first kappa shape index (κ1) is 12.0. The van der Waals surface area contributed by atoms with Gasteiger partial charge in [0.05, 0.1) is 0 Å². The van der Waals surface area contributed by atoms with Crippen molar-refractivity contribution in [3.05, 3.63) is 34.3 Å². The Hall–Kier alpha value is -1.03. The van der Waals surface area contributed by atoms with Gasteiger partial charge in [-0.05, 0) is 17.7 Å². The summed E-state index contributed by atoms with van der Waals surface area (Å²) in [5.41, 5.74) is 1.12. The molecule has 4 heteroatoms. The molecule has 0 saturated heterocycles. The van der Waals surface area contributed by atoms with Crippen LogP contribution in [0.25, 0.3) is 0 Å². The number of carbonyl (C=O) groups is 1. The predicted octanol–water partition coefficient (Wildman–Crippen LogP) is 2.56. The molecule has 0 saturated carbocycles. The monoisotopic (exact) mass is 270 g/mol. The number of halogens is 1. The number of hydrogen-bond donors (Lipinski definition) is 0. The molecule has 0 spiro atoms. The number of rotatable bonds is 2. The van der Waals surface area contributed by atoms with Gasteiger partial charge in [-0.15, -0.1) is 0 Å². The van der Waals surface area contributed by atoms with E-state index in [2.05, 4.69) is 15.9 Å². The highest BCUT2D eigenvalue weighted by molar-refractivity contribution is 9.10. The van der Waals surface area contributed by atoms with E-state index in [1.807, 2.05) is 24.3 Å². The van der Waals surface area contributed by atoms with E-state index in [9.17, 15) is 4.79 Å². The van der Waals surface area contributed by atoms with Gasteiger partial charge >= 0.3 is 6.03 Å². The summed E-state index contributed by atoms with van der Waals surface area (Å²) in [4.78, 5) is 14.8. The van der Waals surface area contributed by atoms with Crippen LogP contribution in [-0.4, -0.2) is 37.0 Å². The highest BCUT2D eigenvalue weighted by Crippen LogP contribution is 2.12. The van der Waals surface area contributed by atoms with Crippen LogP contribution in [0.4, 0.5) is 4.79 Å². The summed E-state index contributed by atoms with van der Waals surface area (Å²) in [5.74, 6) is 0. The van der Waals surface area contributed by atoms with Gasteiger partial charge in [0.2, 0.25) is 0 Å². The van der Waals surface area contributed by atoms with E-state index in [0.717, 1.165) is 10.0 Å².